The number of amides is 2. The number of likely N-dealkylation sites (tertiary alicyclic amines) is 2. The number of carbonyl (C=O) groups is 2. The van der Waals surface area contributed by atoms with Gasteiger partial charge in [0, 0.05) is 31.6 Å². The van der Waals surface area contributed by atoms with E-state index in [9.17, 15) is 9.59 Å². The first-order valence-corrected chi connectivity index (χ1v) is 8.10. The fourth-order valence-electron chi connectivity index (χ4n) is 3.40. The Hall–Kier alpha value is -1.06. The highest BCUT2D eigenvalue weighted by Crippen LogP contribution is 2.24. The summed E-state index contributed by atoms with van der Waals surface area (Å²) in [5, 5.41) is 0. The Balaban J connectivity index is 1.97. The van der Waals surface area contributed by atoms with E-state index in [0.29, 0.717) is 12.6 Å². The van der Waals surface area contributed by atoms with Crippen molar-refractivity contribution in [3.05, 3.63) is 0 Å². The molecule has 2 rings (SSSR count). The van der Waals surface area contributed by atoms with Crippen LogP contribution in [0.3, 0.4) is 0 Å². The maximum atomic E-state index is 12.7. The van der Waals surface area contributed by atoms with E-state index in [1.807, 2.05) is 18.7 Å². The molecule has 2 atom stereocenters. The summed E-state index contributed by atoms with van der Waals surface area (Å²) in [6.07, 6.45) is 5.36. The maximum Gasteiger partial charge on any atom is 0.227 e. The van der Waals surface area contributed by atoms with E-state index in [-0.39, 0.29) is 23.7 Å². The Morgan fingerprint density at radius 3 is 2.45 bits per heavy atom. The van der Waals surface area contributed by atoms with Crippen molar-refractivity contribution in [3.8, 4) is 0 Å². The van der Waals surface area contributed by atoms with Gasteiger partial charge in [-0.3, -0.25) is 9.59 Å². The van der Waals surface area contributed by atoms with Gasteiger partial charge in [0.25, 0.3) is 0 Å². The molecule has 4 nitrogen and oxygen atoms in total. The predicted octanol–water partition coefficient (Wildman–Crippen LogP) is 2.28. The molecule has 4 heteroatoms. The van der Waals surface area contributed by atoms with E-state index >= 15 is 0 Å². The smallest absolute Gasteiger partial charge is 0.227 e. The van der Waals surface area contributed by atoms with Crippen molar-refractivity contribution < 1.29 is 9.59 Å². The van der Waals surface area contributed by atoms with Crippen LogP contribution in [-0.4, -0.2) is 47.3 Å². The summed E-state index contributed by atoms with van der Waals surface area (Å²) >= 11 is 0. The molecule has 2 aliphatic heterocycles. The second kappa shape index (κ2) is 6.59. The van der Waals surface area contributed by atoms with Gasteiger partial charge >= 0.3 is 0 Å². The van der Waals surface area contributed by atoms with Gasteiger partial charge in [-0.05, 0) is 39.0 Å². The van der Waals surface area contributed by atoms with Crippen LogP contribution in [0.2, 0.25) is 0 Å². The number of carbonyl (C=O) groups excluding carboxylic acids is 2. The molecule has 0 bridgehead atoms. The Bertz CT molecular complexity index is 367. The van der Waals surface area contributed by atoms with Crippen LogP contribution < -0.4 is 0 Å². The van der Waals surface area contributed by atoms with Gasteiger partial charge in [0.2, 0.25) is 11.8 Å². The molecule has 0 saturated carbocycles. The quantitative estimate of drug-likeness (QED) is 0.778. The molecule has 0 spiro atoms. The van der Waals surface area contributed by atoms with Crippen LogP contribution in [0.1, 0.15) is 52.9 Å². The summed E-state index contributed by atoms with van der Waals surface area (Å²) < 4.78 is 0. The van der Waals surface area contributed by atoms with Gasteiger partial charge in [-0.25, -0.2) is 0 Å². The average Bonchev–Trinajstić information content (AvgIpc) is 2.46. The summed E-state index contributed by atoms with van der Waals surface area (Å²) in [5.74, 6) is 0.511. The first kappa shape index (κ1) is 15.3. The maximum absolute atomic E-state index is 12.7. The molecule has 0 aromatic rings. The molecule has 2 amide bonds. The highest BCUT2D eigenvalue weighted by molar-refractivity contribution is 5.82. The van der Waals surface area contributed by atoms with E-state index in [0.717, 1.165) is 38.8 Å². The van der Waals surface area contributed by atoms with Crippen LogP contribution in [0, 0.1) is 11.8 Å². The lowest BCUT2D eigenvalue weighted by atomic mass is 9.93. The summed E-state index contributed by atoms with van der Waals surface area (Å²) in [6, 6.07) is 0.368. The molecule has 0 aromatic heterocycles. The fourth-order valence-corrected chi connectivity index (χ4v) is 3.40. The summed E-state index contributed by atoms with van der Waals surface area (Å²) in [4.78, 5) is 28.7. The standard InChI is InChI=1S/C16H28N2O2/c1-12(2)15(19)17-9-6-8-14(11-17)16(20)18-10-5-4-7-13(18)3/h12-14H,4-11H2,1-3H3/t13-,14+/m0/s1. The van der Waals surface area contributed by atoms with Gasteiger partial charge in [-0.15, -0.1) is 0 Å². The largest absolute Gasteiger partial charge is 0.342 e. The first-order valence-electron chi connectivity index (χ1n) is 8.10. The van der Waals surface area contributed by atoms with Crippen molar-refractivity contribution >= 4 is 11.8 Å². The lowest BCUT2D eigenvalue weighted by Gasteiger charge is -2.39. The minimum atomic E-state index is 0.0204. The van der Waals surface area contributed by atoms with Gasteiger partial charge in [-0.1, -0.05) is 13.8 Å². The SMILES string of the molecule is CC(C)C(=O)N1CCC[C@@H](C(=O)N2CCCC[C@@H]2C)C1. The van der Waals surface area contributed by atoms with E-state index in [1.54, 1.807) is 0 Å². The van der Waals surface area contributed by atoms with Crippen LogP contribution >= 0.6 is 0 Å². The lowest BCUT2D eigenvalue weighted by molar-refractivity contribution is -0.144. The van der Waals surface area contributed by atoms with Crippen LogP contribution in [0.5, 0.6) is 0 Å². The molecule has 0 N–H and O–H groups in total. The monoisotopic (exact) mass is 280 g/mol. The zero-order valence-electron chi connectivity index (χ0n) is 13.1. The zero-order valence-corrected chi connectivity index (χ0v) is 13.1. The first-order chi connectivity index (χ1) is 9.50. The third-order valence-electron chi connectivity index (χ3n) is 4.66. The molecule has 0 radical (unpaired) electrons. The lowest BCUT2D eigenvalue weighted by Crippen LogP contribution is -2.50. The molecule has 2 fully saturated rings. The van der Waals surface area contributed by atoms with Crippen molar-refractivity contribution in [2.45, 2.75) is 58.9 Å². The van der Waals surface area contributed by atoms with Crippen molar-refractivity contribution in [2.24, 2.45) is 11.8 Å². The summed E-state index contributed by atoms with van der Waals surface area (Å²) in [5.41, 5.74) is 0. The van der Waals surface area contributed by atoms with Gasteiger partial charge < -0.3 is 9.80 Å². The number of hydrogen-bond acceptors (Lipinski definition) is 2. The Morgan fingerprint density at radius 2 is 1.80 bits per heavy atom. The molecule has 0 aromatic carbocycles. The third kappa shape index (κ3) is 3.33. The van der Waals surface area contributed by atoms with Crippen molar-refractivity contribution in [1.29, 1.82) is 0 Å². The molecule has 114 valence electrons. The highest BCUT2D eigenvalue weighted by atomic mass is 16.2. The summed E-state index contributed by atoms with van der Waals surface area (Å²) in [7, 11) is 0. The molecule has 0 unspecified atom stereocenters. The molecule has 20 heavy (non-hydrogen) atoms. The van der Waals surface area contributed by atoms with Gasteiger partial charge in [0.1, 0.15) is 0 Å². The van der Waals surface area contributed by atoms with E-state index in [2.05, 4.69) is 11.8 Å². The number of rotatable bonds is 2. The van der Waals surface area contributed by atoms with Gasteiger partial charge in [0.15, 0.2) is 0 Å². The molecule has 0 aliphatic carbocycles. The van der Waals surface area contributed by atoms with Crippen molar-refractivity contribution in [2.75, 3.05) is 19.6 Å². The second-order valence-corrected chi connectivity index (χ2v) is 6.65. The topological polar surface area (TPSA) is 40.6 Å². The van der Waals surface area contributed by atoms with Crippen LogP contribution in [0.15, 0.2) is 0 Å². The van der Waals surface area contributed by atoms with E-state index < -0.39 is 0 Å². The number of nitrogens with zero attached hydrogens (tertiary/aromatic N) is 2. The van der Waals surface area contributed by atoms with Gasteiger partial charge in [0.05, 0.1) is 5.92 Å². The molecule has 2 heterocycles. The van der Waals surface area contributed by atoms with Crippen LogP contribution in [0.4, 0.5) is 0 Å². The molecule has 2 saturated heterocycles. The zero-order chi connectivity index (χ0) is 14.7. The van der Waals surface area contributed by atoms with Crippen LogP contribution in [-0.2, 0) is 9.59 Å². The minimum Gasteiger partial charge on any atom is -0.342 e. The third-order valence-corrected chi connectivity index (χ3v) is 4.66. The molecular formula is C16H28N2O2. The van der Waals surface area contributed by atoms with Crippen molar-refractivity contribution in [3.63, 3.8) is 0 Å². The molecule has 2 aliphatic rings. The fraction of sp³-hybridized carbons (Fsp3) is 0.875. The Morgan fingerprint density at radius 1 is 1.05 bits per heavy atom. The Labute approximate surface area is 122 Å². The van der Waals surface area contributed by atoms with Gasteiger partial charge in [-0.2, -0.15) is 0 Å². The normalized spacial score (nSPS) is 27.8. The number of hydrogen-bond donors (Lipinski definition) is 0. The van der Waals surface area contributed by atoms with E-state index in [4.69, 9.17) is 0 Å². The predicted molar refractivity (Wildman–Crippen MR) is 79.2 cm³/mol. The average molecular weight is 280 g/mol. The number of piperidine rings is 2. The van der Waals surface area contributed by atoms with E-state index in [1.165, 1.54) is 6.42 Å². The Kier molecular flexibility index (Phi) is 5.06. The molecular weight excluding hydrogens is 252 g/mol. The van der Waals surface area contributed by atoms with Crippen molar-refractivity contribution in [1.82, 2.24) is 9.80 Å². The van der Waals surface area contributed by atoms with Crippen LogP contribution in [0.25, 0.3) is 0 Å². The minimum absolute atomic E-state index is 0.0204. The highest BCUT2D eigenvalue weighted by Gasteiger charge is 2.34. The summed E-state index contributed by atoms with van der Waals surface area (Å²) in [6.45, 7) is 8.35. The second-order valence-electron chi connectivity index (χ2n) is 6.65.